The Balaban J connectivity index is 2.26. The van der Waals surface area contributed by atoms with Gasteiger partial charge in [0.15, 0.2) is 5.78 Å². The van der Waals surface area contributed by atoms with E-state index in [-0.39, 0.29) is 12.2 Å². The predicted octanol–water partition coefficient (Wildman–Crippen LogP) is 2.31. The van der Waals surface area contributed by atoms with Gasteiger partial charge in [-0.15, -0.1) is 0 Å². The van der Waals surface area contributed by atoms with Crippen LogP contribution in [0.2, 0.25) is 0 Å². The highest BCUT2D eigenvalue weighted by molar-refractivity contribution is 9.10. The molecule has 2 aromatic rings. The maximum absolute atomic E-state index is 12.1. The van der Waals surface area contributed by atoms with Crippen LogP contribution < -0.4 is 0 Å². The van der Waals surface area contributed by atoms with E-state index in [4.69, 9.17) is 0 Å². The van der Waals surface area contributed by atoms with Crippen LogP contribution >= 0.6 is 15.9 Å². The van der Waals surface area contributed by atoms with Crippen molar-refractivity contribution in [2.75, 3.05) is 0 Å². The standard InChI is InChI=1S/C12H12BrN3O/c1-8-3-4-10(13)9(5-8)11(17)6-12-14-7-15-16(12)2/h3-5,7H,6H2,1-2H3. The quantitative estimate of drug-likeness (QED) is 0.816. The van der Waals surface area contributed by atoms with E-state index in [9.17, 15) is 4.79 Å². The van der Waals surface area contributed by atoms with Crippen LogP contribution in [0.15, 0.2) is 29.0 Å². The summed E-state index contributed by atoms with van der Waals surface area (Å²) in [5.41, 5.74) is 1.75. The van der Waals surface area contributed by atoms with Crippen molar-refractivity contribution in [3.05, 3.63) is 46.0 Å². The number of nitrogens with zero attached hydrogens (tertiary/aromatic N) is 3. The van der Waals surface area contributed by atoms with Crippen LogP contribution in [0.5, 0.6) is 0 Å². The monoisotopic (exact) mass is 293 g/mol. The Labute approximate surface area is 108 Å². The van der Waals surface area contributed by atoms with Gasteiger partial charge in [-0.05, 0) is 19.1 Å². The molecule has 0 fully saturated rings. The lowest BCUT2D eigenvalue weighted by atomic mass is 10.1. The minimum atomic E-state index is 0.0386. The number of halogens is 1. The molecule has 0 amide bonds. The van der Waals surface area contributed by atoms with Crippen molar-refractivity contribution in [3.63, 3.8) is 0 Å². The molecule has 0 N–H and O–H groups in total. The molecule has 0 aliphatic heterocycles. The first-order valence-electron chi connectivity index (χ1n) is 5.20. The summed E-state index contributed by atoms with van der Waals surface area (Å²) in [6.45, 7) is 1.96. The second-order valence-electron chi connectivity index (χ2n) is 3.88. The molecular weight excluding hydrogens is 282 g/mol. The highest BCUT2D eigenvalue weighted by atomic mass is 79.9. The summed E-state index contributed by atoms with van der Waals surface area (Å²) in [5, 5.41) is 3.94. The maximum Gasteiger partial charge on any atom is 0.171 e. The molecule has 1 aromatic carbocycles. The van der Waals surface area contributed by atoms with E-state index < -0.39 is 0 Å². The van der Waals surface area contributed by atoms with E-state index in [0.717, 1.165) is 10.0 Å². The van der Waals surface area contributed by atoms with E-state index in [2.05, 4.69) is 26.0 Å². The van der Waals surface area contributed by atoms with Crippen LogP contribution in [0.1, 0.15) is 21.7 Å². The van der Waals surface area contributed by atoms with Gasteiger partial charge in [0.1, 0.15) is 12.2 Å². The number of hydrogen-bond donors (Lipinski definition) is 0. The average molecular weight is 294 g/mol. The molecule has 1 heterocycles. The number of hydrogen-bond acceptors (Lipinski definition) is 3. The van der Waals surface area contributed by atoms with E-state index in [1.165, 1.54) is 6.33 Å². The normalized spacial score (nSPS) is 10.5. The Morgan fingerprint density at radius 1 is 1.47 bits per heavy atom. The Hall–Kier alpha value is -1.49. The molecule has 0 aliphatic rings. The molecule has 0 radical (unpaired) electrons. The molecule has 88 valence electrons. The molecule has 0 saturated carbocycles. The highest BCUT2D eigenvalue weighted by Gasteiger charge is 2.13. The fourth-order valence-electron chi connectivity index (χ4n) is 1.57. The van der Waals surface area contributed by atoms with Gasteiger partial charge in [-0.25, -0.2) is 4.98 Å². The third-order valence-corrected chi connectivity index (χ3v) is 3.24. The zero-order valence-corrected chi connectivity index (χ0v) is 11.2. The molecule has 1 aromatic heterocycles. The van der Waals surface area contributed by atoms with Gasteiger partial charge in [-0.2, -0.15) is 5.10 Å². The first-order valence-corrected chi connectivity index (χ1v) is 5.99. The number of carbonyl (C=O) groups excluding carboxylic acids is 1. The largest absolute Gasteiger partial charge is 0.294 e. The van der Waals surface area contributed by atoms with Crippen LogP contribution in [-0.4, -0.2) is 20.5 Å². The minimum Gasteiger partial charge on any atom is -0.294 e. The van der Waals surface area contributed by atoms with Crippen molar-refractivity contribution in [1.82, 2.24) is 14.8 Å². The van der Waals surface area contributed by atoms with E-state index in [1.807, 2.05) is 25.1 Å². The number of aryl methyl sites for hydroxylation is 2. The SMILES string of the molecule is Cc1ccc(Br)c(C(=O)Cc2ncnn2C)c1. The molecule has 0 bridgehead atoms. The highest BCUT2D eigenvalue weighted by Crippen LogP contribution is 2.19. The van der Waals surface area contributed by atoms with Gasteiger partial charge in [-0.1, -0.05) is 27.6 Å². The molecule has 17 heavy (non-hydrogen) atoms. The molecular formula is C12H12BrN3O. The van der Waals surface area contributed by atoms with E-state index >= 15 is 0 Å². The summed E-state index contributed by atoms with van der Waals surface area (Å²) < 4.78 is 2.43. The first kappa shape index (κ1) is 12.0. The van der Waals surface area contributed by atoms with Crippen LogP contribution in [0.3, 0.4) is 0 Å². The number of aromatic nitrogens is 3. The van der Waals surface area contributed by atoms with Gasteiger partial charge < -0.3 is 0 Å². The maximum atomic E-state index is 12.1. The van der Waals surface area contributed by atoms with Crippen molar-refractivity contribution in [2.24, 2.45) is 7.05 Å². The topological polar surface area (TPSA) is 47.8 Å². The van der Waals surface area contributed by atoms with Gasteiger partial charge >= 0.3 is 0 Å². The second kappa shape index (κ2) is 4.79. The van der Waals surface area contributed by atoms with Gasteiger partial charge in [0.2, 0.25) is 0 Å². The van der Waals surface area contributed by atoms with Crippen molar-refractivity contribution in [2.45, 2.75) is 13.3 Å². The molecule has 0 saturated heterocycles. The minimum absolute atomic E-state index is 0.0386. The van der Waals surface area contributed by atoms with Crippen LogP contribution in [0, 0.1) is 6.92 Å². The van der Waals surface area contributed by atoms with E-state index in [0.29, 0.717) is 11.4 Å². The molecule has 0 unspecified atom stereocenters. The summed E-state index contributed by atoms with van der Waals surface area (Å²) in [7, 11) is 1.78. The zero-order valence-electron chi connectivity index (χ0n) is 9.64. The first-order chi connectivity index (χ1) is 8.08. The summed E-state index contributed by atoms with van der Waals surface area (Å²) in [6.07, 6.45) is 1.71. The Morgan fingerprint density at radius 2 is 2.24 bits per heavy atom. The molecule has 0 aliphatic carbocycles. The zero-order chi connectivity index (χ0) is 12.4. The van der Waals surface area contributed by atoms with Crippen LogP contribution in [0.25, 0.3) is 0 Å². The molecule has 2 rings (SSSR count). The van der Waals surface area contributed by atoms with Crippen LogP contribution in [0.4, 0.5) is 0 Å². The smallest absolute Gasteiger partial charge is 0.171 e. The number of ketones is 1. The summed E-state index contributed by atoms with van der Waals surface area (Å²) in [5.74, 6) is 0.708. The number of rotatable bonds is 3. The number of benzene rings is 1. The molecule has 4 nitrogen and oxygen atoms in total. The lowest BCUT2D eigenvalue weighted by Gasteiger charge is -2.04. The lowest BCUT2D eigenvalue weighted by Crippen LogP contribution is -2.09. The van der Waals surface area contributed by atoms with Crippen molar-refractivity contribution in [1.29, 1.82) is 0 Å². The predicted molar refractivity (Wildman–Crippen MR) is 67.9 cm³/mol. The molecule has 5 heteroatoms. The molecule has 0 atom stereocenters. The summed E-state index contributed by atoms with van der Waals surface area (Å²) in [4.78, 5) is 16.2. The summed E-state index contributed by atoms with van der Waals surface area (Å²) in [6, 6.07) is 5.73. The van der Waals surface area contributed by atoms with Gasteiger partial charge in [0.25, 0.3) is 0 Å². The third-order valence-electron chi connectivity index (χ3n) is 2.55. The molecule has 0 spiro atoms. The Morgan fingerprint density at radius 3 is 2.88 bits per heavy atom. The number of carbonyl (C=O) groups is 1. The van der Waals surface area contributed by atoms with E-state index in [1.54, 1.807) is 11.7 Å². The van der Waals surface area contributed by atoms with Gasteiger partial charge in [0.05, 0.1) is 6.42 Å². The van der Waals surface area contributed by atoms with Crippen molar-refractivity contribution in [3.8, 4) is 0 Å². The van der Waals surface area contributed by atoms with Crippen molar-refractivity contribution < 1.29 is 4.79 Å². The fraction of sp³-hybridized carbons (Fsp3) is 0.250. The Kier molecular flexibility index (Phi) is 3.38. The van der Waals surface area contributed by atoms with Crippen molar-refractivity contribution >= 4 is 21.7 Å². The third kappa shape index (κ3) is 2.61. The van der Waals surface area contributed by atoms with Gasteiger partial charge in [0, 0.05) is 17.1 Å². The fourth-order valence-corrected chi connectivity index (χ4v) is 2.04. The van der Waals surface area contributed by atoms with Crippen LogP contribution in [-0.2, 0) is 13.5 Å². The Bertz CT molecular complexity index is 563. The second-order valence-corrected chi connectivity index (χ2v) is 4.74. The summed E-state index contributed by atoms with van der Waals surface area (Å²) >= 11 is 3.39. The van der Waals surface area contributed by atoms with Gasteiger partial charge in [-0.3, -0.25) is 9.48 Å². The average Bonchev–Trinajstić information content (AvgIpc) is 2.68. The number of Topliss-reactive ketones (excluding diaryl/α,β-unsaturated/α-hetero) is 1. The lowest BCUT2D eigenvalue weighted by molar-refractivity contribution is 0.0989.